The maximum atomic E-state index is 11.9. The summed E-state index contributed by atoms with van der Waals surface area (Å²) in [5, 5.41) is 0. The molecule has 2 aromatic carbocycles. The Morgan fingerprint density at radius 3 is 2.84 bits per heavy atom. The van der Waals surface area contributed by atoms with Crippen molar-refractivity contribution < 1.29 is 19.1 Å². The van der Waals surface area contributed by atoms with Crippen LogP contribution in [0.1, 0.15) is 36.2 Å². The first-order chi connectivity index (χ1) is 15.7. The van der Waals surface area contributed by atoms with Gasteiger partial charge >= 0.3 is 0 Å². The van der Waals surface area contributed by atoms with E-state index in [0.717, 1.165) is 53.2 Å². The van der Waals surface area contributed by atoms with Gasteiger partial charge in [0.25, 0.3) is 5.91 Å². The van der Waals surface area contributed by atoms with Crippen LogP contribution in [0, 0.1) is 0 Å². The number of hydrogen-bond donors (Lipinski definition) is 2. The van der Waals surface area contributed by atoms with Gasteiger partial charge in [-0.1, -0.05) is 36.4 Å². The average Bonchev–Trinajstić information content (AvgIpc) is 3.31. The lowest BCUT2D eigenvalue weighted by Gasteiger charge is -2.21. The quantitative estimate of drug-likeness (QED) is 0.409. The number of methoxy groups -OCH3 is 1. The van der Waals surface area contributed by atoms with Crippen LogP contribution in [-0.4, -0.2) is 35.9 Å². The van der Waals surface area contributed by atoms with Crippen LogP contribution in [0.5, 0.6) is 5.75 Å². The zero-order valence-corrected chi connectivity index (χ0v) is 18.0. The summed E-state index contributed by atoms with van der Waals surface area (Å²) in [6, 6.07) is 15.8. The highest BCUT2D eigenvalue weighted by molar-refractivity contribution is 5.90. The molecule has 0 spiro atoms. The van der Waals surface area contributed by atoms with E-state index >= 15 is 0 Å². The summed E-state index contributed by atoms with van der Waals surface area (Å²) in [6.07, 6.45) is 8.21. The van der Waals surface area contributed by atoms with Crippen LogP contribution in [0.25, 0.3) is 17.3 Å². The molecule has 3 aromatic rings. The summed E-state index contributed by atoms with van der Waals surface area (Å²) < 4.78 is 10.8. The highest BCUT2D eigenvalue weighted by Crippen LogP contribution is 2.28. The minimum atomic E-state index is -0.356. The molecule has 1 aromatic heterocycles. The van der Waals surface area contributed by atoms with E-state index in [1.165, 1.54) is 6.08 Å². The standard InChI is InChI=1S/C25H27N3O4/c1-30-22-7-3-2-6-20(22)21-17-26-23(27-21)16-19-11-9-18(10-12-19)13-14-24(29)28-32-25-8-4-5-15-31-25/h2-3,6-7,9-14,17,25H,4-5,8,15-16H2,1H3,(H,26,27)(H,28,29)/b14-13+. The molecule has 2 N–H and O–H groups in total. The molecule has 2 heterocycles. The molecule has 1 unspecified atom stereocenters. The number of amides is 1. The number of rotatable bonds is 8. The Bertz CT molecular complexity index is 1050. The van der Waals surface area contributed by atoms with Gasteiger partial charge in [-0.15, -0.1) is 0 Å². The predicted molar refractivity (Wildman–Crippen MR) is 122 cm³/mol. The Balaban J connectivity index is 1.30. The minimum absolute atomic E-state index is 0.317. The molecule has 1 atom stereocenters. The number of hydrogen-bond acceptors (Lipinski definition) is 5. The molecule has 32 heavy (non-hydrogen) atoms. The Morgan fingerprint density at radius 1 is 1.22 bits per heavy atom. The van der Waals surface area contributed by atoms with Crippen LogP contribution in [0.15, 0.2) is 60.8 Å². The SMILES string of the molecule is COc1ccccc1-c1cnc(Cc2ccc(/C=C/C(=O)NOC3CCCCO3)cc2)[nH]1. The number of carbonyl (C=O) groups is 1. The van der Waals surface area contributed by atoms with E-state index in [2.05, 4.69) is 15.4 Å². The zero-order chi connectivity index (χ0) is 22.2. The van der Waals surface area contributed by atoms with Crippen molar-refractivity contribution in [2.45, 2.75) is 32.0 Å². The van der Waals surface area contributed by atoms with Crippen LogP contribution < -0.4 is 10.2 Å². The van der Waals surface area contributed by atoms with Crippen LogP contribution in [0.4, 0.5) is 0 Å². The summed E-state index contributed by atoms with van der Waals surface area (Å²) in [5.41, 5.74) is 6.36. The van der Waals surface area contributed by atoms with E-state index in [9.17, 15) is 4.79 Å². The van der Waals surface area contributed by atoms with Gasteiger partial charge in [0.15, 0.2) is 6.29 Å². The van der Waals surface area contributed by atoms with Gasteiger partial charge in [0.05, 0.1) is 19.0 Å². The first-order valence-corrected chi connectivity index (χ1v) is 10.7. The summed E-state index contributed by atoms with van der Waals surface area (Å²) in [6.45, 7) is 0.669. The van der Waals surface area contributed by atoms with Crippen molar-refractivity contribution in [3.63, 3.8) is 0 Å². The van der Waals surface area contributed by atoms with Crippen molar-refractivity contribution in [3.05, 3.63) is 77.8 Å². The maximum absolute atomic E-state index is 11.9. The van der Waals surface area contributed by atoms with Gasteiger partial charge in [-0.3, -0.25) is 4.79 Å². The number of ether oxygens (including phenoxy) is 2. The number of nitrogens with one attached hydrogen (secondary N) is 2. The molecule has 1 aliphatic heterocycles. The number of para-hydroxylation sites is 1. The highest BCUT2D eigenvalue weighted by Gasteiger charge is 2.15. The second-order valence-electron chi connectivity index (χ2n) is 7.58. The molecule has 0 bridgehead atoms. The second-order valence-corrected chi connectivity index (χ2v) is 7.58. The molecule has 7 heteroatoms. The van der Waals surface area contributed by atoms with Crippen molar-refractivity contribution in [1.29, 1.82) is 0 Å². The largest absolute Gasteiger partial charge is 0.496 e. The number of H-pyrrole nitrogens is 1. The highest BCUT2D eigenvalue weighted by atomic mass is 16.8. The fraction of sp³-hybridized carbons (Fsp3) is 0.280. The Labute approximate surface area is 187 Å². The fourth-order valence-electron chi connectivity index (χ4n) is 3.53. The maximum Gasteiger partial charge on any atom is 0.267 e. The summed E-state index contributed by atoms with van der Waals surface area (Å²) in [5.74, 6) is 1.36. The molecule has 0 aliphatic carbocycles. The Hall–Kier alpha value is -3.42. The van der Waals surface area contributed by atoms with Crippen LogP contribution >= 0.6 is 0 Å². The molecule has 7 nitrogen and oxygen atoms in total. The van der Waals surface area contributed by atoms with Gasteiger partial charge in [-0.05, 0) is 42.2 Å². The summed E-state index contributed by atoms with van der Waals surface area (Å²) >= 11 is 0. The molecule has 166 valence electrons. The number of nitrogens with zero attached hydrogens (tertiary/aromatic N) is 1. The van der Waals surface area contributed by atoms with E-state index in [4.69, 9.17) is 14.3 Å². The third kappa shape index (κ3) is 5.84. The number of aromatic amines is 1. The van der Waals surface area contributed by atoms with Gasteiger partial charge in [-0.2, -0.15) is 0 Å². The molecule has 1 aliphatic rings. The number of carbonyl (C=O) groups excluding carboxylic acids is 1. The third-order valence-electron chi connectivity index (χ3n) is 5.23. The van der Waals surface area contributed by atoms with E-state index in [0.29, 0.717) is 13.0 Å². The first-order valence-electron chi connectivity index (χ1n) is 10.7. The molecule has 1 saturated heterocycles. The van der Waals surface area contributed by atoms with Crippen molar-refractivity contribution in [2.24, 2.45) is 0 Å². The van der Waals surface area contributed by atoms with E-state index in [1.54, 1.807) is 13.2 Å². The zero-order valence-electron chi connectivity index (χ0n) is 18.0. The van der Waals surface area contributed by atoms with E-state index in [-0.39, 0.29) is 12.2 Å². The molecular weight excluding hydrogens is 406 g/mol. The monoisotopic (exact) mass is 433 g/mol. The van der Waals surface area contributed by atoms with Crippen molar-refractivity contribution in [3.8, 4) is 17.0 Å². The number of aromatic nitrogens is 2. The average molecular weight is 434 g/mol. The van der Waals surface area contributed by atoms with Crippen molar-refractivity contribution in [1.82, 2.24) is 15.4 Å². The van der Waals surface area contributed by atoms with Gasteiger partial charge in [0, 0.05) is 31.1 Å². The van der Waals surface area contributed by atoms with E-state index < -0.39 is 0 Å². The van der Waals surface area contributed by atoms with Crippen molar-refractivity contribution >= 4 is 12.0 Å². The van der Waals surface area contributed by atoms with Crippen LogP contribution in [0.3, 0.4) is 0 Å². The number of hydroxylamine groups is 1. The third-order valence-corrected chi connectivity index (χ3v) is 5.23. The molecular formula is C25H27N3O4. The smallest absolute Gasteiger partial charge is 0.267 e. The van der Waals surface area contributed by atoms with Gasteiger partial charge in [-0.25, -0.2) is 15.3 Å². The fourth-order valence-corrected chi connectivity index (χ4v) is 3.53. The summed E-state index contributed by atoms with van der Waals surface area (Å²) in [4.78, 5) is 25.1. The van der Waals surface area contributed by atoms with Gasteiger partial charge in [0.2, 0.25) is 0 Å². The molecule has 0 radical (unpaired) electrons. The Morgan fingerprint density at radius 2 is 2.06 bits per heavy atom. The lowest BCUT2D eigenvalue weighted by atomic mass is 10.1. The number of imidazole rings is 1. The lowest BCUT2D eigenvalue weighted by molar-refractivity contribution is -0.198. The second kappa shape index (κ2) is 10.7. The molecule has 1 fully saturated rings. The van der Waals surface area contributed by atoms with Gasteiger partial charge in [0.1, 0.15) is 11.6 Å². The molecule has 1 amide bonds. The van der Waals surface area contributed by atoms with Crippen LogP contribution in [-0.2, 0) is 20.8 Å². The minimum Gasteiger partial charge on any atom is -0.496 e. The summed E-state index contributed by atoms with van der Waals surface area (Å²) in [7, 11) is 1.66. The normalized spacial score (nSPS) is 16.2. The Kier molecular flexibility index (Phi) is 7.32. The molecule has 4 rings (SSSR count). The van der Waals surface area contributed by atoms with Crippen LogP contribution in [0.2, 0.25) is 0 Å². The number of benzene rings is 2. The lowest BCUT2D eigenvalue weighted by Crippen LogP contribution is -2.32. The van der Waals surface area contributed by atoms with Crippen molar-refractivity contribution in [2.75, 3.05) is 13.7 Å². The molecule has 0 saturated carbocycles. The first kappa shape index (κ1) is 21.8. The van der Waals surface area contributed by atoms with Gasteiger partial charge < -0.3 is 14.5 Å². The predicted octanol–water partition coefficient (Wildman–Crippen LogP) is 4.26. The topological polar surface area (TPSA) is 85.5 Å². The van der Waals surface area contributed by atoms with E-state index in [1.807, 2.05) is 54.7 Å².